The number of rotatable bonds is 4. The first-order valence-electron chi connectivity index (χ1n) is 7.74. The maximum Gasteiger partial charge on any atom is 0.274 e. The van der Waals surface area contributed by atoms with Crippen LogP contribution in [0.15, 0.2) is 65.3 Å². The second-order valence-electron chi connectivity index (χ2n) is 5.55. The third-order valence-electron chi connectivity index (χ3n) is 3.73. The SMILES string of the molecule is Cc1cc(NC(=O)c2ccnc(N(C)c3ccccc3)n2)ccc1Br. The molecule has 0 bridgehead atoms. The standard InChI is InChI=1S/C19H17BrN4O/c1-13-12-14(8-9-16(13)20)22-18(25)17-10-11-21-19(23-17)24(2)15-6-4-3-5-7-15/h3-12H,1-2H3,(H,22,25). The van der Waals surface area contributed by atoms with Crippen molar-refractivity contribution < 1.29 is 4.79 Å². The minimum atomic E-state index is -0.271. The van der Waals surface area contributed by atoms with E-state index in [1.165, 1.54) is 0 Å². The summed E-state index contributed by atoms with van der Waals surface area (Å²) >= 11 is 3.45. The van der Waals surface area contributed by atoms with Crippen molar-refractivity contribution in [1.82, 2.24) is 9.97 Å². The number of aromatic nitrogens is 2. The van der Waals surface area contributed by atoms with Crippen molar-refractivity contribution in [2.24, 2.45) is 0 Å². The predicted octanol–water partition coefficient (Wildman–Crippen LogP) is 4.57. The van der Waals surface area contributed by atoms with E-state index < -0.39 is 0 Å². The van der Waals surface area contributed by atoms with E-state index >= 15 is 0 Å². The maximum absolute atomic E-state index is 12.5. The Labute approximate surface area is 154 Å². The molecule has 0 saturated heterocycles. The quantitative estimate of drug-likeness (QED) is 0.701. The monoisotopic (exact) mass is 396 g/mol. The predicted molar refractivity (Wildman–Crippen MR) is 103 cm³/mol. The molecule has 1 aromatic heterocycles. The summed E-state index contributed by atoms with van der Waals surface area (Å²) in [6.07, 6.45) is 1.59. The van der Waals surface area contributed by atoms with Crippen molar-refractivity contribution in [3.8, 4) is 0 Å². The van der Waals surface area contributed by atoms with Crippen molar-refractivity contribution in [2.75, 3.05) is 17.3 Å². The van der Waals surface area contributed by atoms with E-state index in [0.717, 1.165) is 21.4 Å². The fraction of sp³-hybridized carbons (Fsp3) is 0.105. The third kappa shape index (κ3) is 4.03. The number of hydrogen-bond acceptors (Lipinski definition) is 4. The second-order valence-corrected chi connectivity index (χ2v) is 6.41. The molecule has 0 spiro atoms. The Morgan fingerprint density at radius 1 is 1.12 bits per heavy atom. The molecule has 1 amide bonds. The van der Waals surface area contributed by atoms with Crippen LogP contribution in [0.25, 0.3) is 0 Å². The number of benzene rings is 2. The van der Waals surface area contributed by atoms with Gasteiger partial charge in [0.1, 0.15) is 5.69 Å². The highest BCUT2D eigenvalue weighted by atomic mass is 79.9. The van der Waals surface area contributed by atoms with Gasteiger partial charge < -0.3 is 10.2 Å². The van der Waals surface area contributed by atoms with E-state index in [-0.39, 0.29) is 5.91 Å². The zero-order valence-electron chi connectivity index (χ0n) is 13.9. The molecule has 3 rings (SSSR count). The minimum absolute atomic E-state index is 0.271. The van der Waals surface area contributed by atoms with Crippen molar-refractivity contribution in [3.63, 3.8) is 0 Å². The number of halogens is 1. The third-order valence-corrected chi connectivity index (χ3v) is 4.62. The van der Waals surface area contributed by atoms with Gasteiger partial charge >= 0.3 is 0 Å². The number of carbonyl (C=O) groups excluding carboxylic acids is 1. The normalized spacial score (nSPS) is 10.4. The summed E-state index contributed by atoms with van der Waals surface area (Å²) in [6.45, 7) is 1.97. The molecule has 1 heterocycles. The Kier molecular flexibility index (Phi) is 5.09. The van der Waals surface area contributed by atoms with Crippen LogP contribution in [-0.4, -0.2) is 22.9 Å². The molecule has 6 heteroatoms. The number of hydrogen-bond donors (Lipinski definition) is 1. The molecule has 2 aromatic carbocycles. The lowest BCUT2D eigenvalue weighted by Crippen LogP contribution is -2.18. The summed E-state index contributed by atoms with van der Waals surface area (Å²) in [6, 6.07) is 17.0. The summed E-state index contributed by atoms with van der Waals surface area (Å²) in [5.74, 6) is 0.192. The van der Waals surface area contributed by atoms with Gasteiger partial charge in [0.25, 0.3) is 5.91 Å². The Balaban J connectivity index is 1.81. The summed E-state index contributed by atoms with van der Waals surface area (Å²) in [4.78, 5) is 23.0. The van der Waals surface area contributed by atoms with Crippen LogP contribution in [0.3, 0.4) is 0 Å². The molecular weight excluding hydrogens is 380 g/mol. The fourth-order valence-electron chi connectivity index (χ4n) is 2.32. The van der Waals surface area contributed by atoms with Gasteiger partial charge in [0.05, 0.1) is 0 Å². The zero-order valence-corrected chi connectivity index (χ0v) is 15.5. The van der Waals surface area contributed by atoms with E-state index in [0.29, 0.717) is 11.6 Å². The molecule has 0 radical (unpaired) electrons. The van der Waals surface area contributed by atoms with Gasteiger partial charge in [-0.25, -0.2) is 9.97 Å². The lowest BCUT2D eigenvalue weighted by molar-refractivity contribution is 0.102. The molecule has 0 aliphatic rings. The van der Waals surface area contributed by atoms with Crippen molar-refractivity contribution in [1.29, 1.82) is 0 Å². The first kappa shape index (κ1) is 17.1. The molecule has 0 unspecified atom stereocenters. The van der Waals surface area contributed by atoms with Crippen LogP contribution in [0.5, 0.6) is 0 Å². The first-order valence-corrected chi connectivity index (χ1v) is 8.53. The van der Waals surface area contributed by atoms with Crippen LogP contribution < -0.4 is 10.2 Å². The number of aryl methyl sites for hydroxylation is 1. The van der Waals surface area contributed by atoms with E-state index in [1.807, 2.05) is 67.4 Å². The van der Waals surface area contributed by atoms with E-state index in [9.17, 15) is 4.79 Å². The molecule has 0 saturated carbocycles. The Morgan fingerprint density at radius 2 is 1.88 bits per heavy atom. The number of carbonyl (C=O) groups is 1. The summed E-state index contributed by atoms with van der Waals surface area (Å²) in [5.41, 5.74) is 3.03. The zero-order chi connectivity index (χ0) is 17.8. The first-order chi connectivity index (χ1) is 12.0. The number of amides is 1. The van der Waals surface area contributed by atoms with Crippen molar-refractivity contribution >= 4 is 39.2 Å². The van der Waals surface area contributed by atoms with Crippen LogP contribution in [-0.2, 0) is 0 Å². The van der Waals surface area contributed by atoms with Gasteiger partial charge in [-0.2, -0.15) is 0 Å². The smallest absolute Gasteiger partial charge is 0.274 e. The van der Waals surface area contributed by atoms with Gasteiger partial charge in [-0.3, -0.25) is 4.79 Å². The van der Waals surface area contributed by atoms with E-state index in [2.05, 4.69) is 31.2 Å². The molecule has 0 fully saturated rings. The molecular formula is C19H17BrN4O. The fourth-order valence-corrected chi connectivity index (χ4v) is 2.57. The Hall–Kier alpha value is -2.73. The van der Waals surface area contributed by atoms with Gasteiger partial charge in [-0.1, -0.05) is 34.1 Å². The van der Waals surface area contributed by atoms with Gasteiger partial charge in [0, 0.05) is 29.1 Å². The van der Waals surface area contributed by atoms with Crippen LogP contribution >= 0.6 is 15.9 Å². The molecule has 1 N–H and O–H groups in total. The van der Waals surface area contributed by atoms with Crippen LogP contribution in [0, 0.1) is 6.92 Å². The average Bonchev–Trinajstić information content (AvgIpc) is 2.65. The number of para-hydroxylation sites is 1. The lowest BCUT2D eigenvalue weighted by Gasteiger charge is -2.17. The molecule has 3 aromatic rings. The molecule has 5 nitrogen and oxygen atoms in total. The second kappa shape index (κ2) is 7.44. The molecule has 126 valence electrons. The number of nitrogens with zero attached hydrogens (tertiary/aromatic N) is 3. The summed E-state index contributed by atoms with van der Waals surface area (Å²) in [7, 11) is 1.87. The van der Waals surface area contributed by atoms with Crippen LogP contribution in [0.4, 0.5) is 17.3 Å². The molecule has 25 heavy (non-hydrogen) atoms. The van der Waals surface area contributed by atoms with Crippen LogP contribution in [0.2, 0.25) is 0 Å². The van der Waals surface area contributed by atoms with Crippen molar-refractivity contribution in [2.45, 2.75) is 6.92 Å². The maximum atomic E-state index is 12.5. The molecule has 0 aliphatic heterocycles. The van der Waals surface area contributed by atoms with E-state index in [4.69, 9.17) is 0 Å². The highest BCUT2D eigenvalue weighted by Gasteiger charge is 2.12. The Morgan fingerprint density at radius 3 is 2.60 bits per heavy atom. The summed E-state index contributed by atoms with van der Waals surface area (Å²) < 4.78 is 0.999. The average molecular weight is 397 g/mol. The van der Waals surface area contributed by atoms with Gasteiger partial charge in [0.2, 0.25) is 5.95 Å². The minimum Gasteiger partial charge on any atom is -0.321 e. The van der Waals surface area contributed by atoms with Gasteiger partial charge in [-0.05, 0) is 48.9 Å². The summed E-state index contributed by atoms with van der Waals surface area (Å²) in [5, 5.41) is 2.86. The van der Waals surface area contributed by atoms with E-state index in [1.54, 1.807) is 12.3 Å². The topological polar surface area (TPSA) is 58.1 Å². The van der Waals surface area contributed by atoms with Crippen molar-refractivity contribution in [3.05, 3.63) is 76.5 Å². The van der Waals surface area contributed by atoms with Crippen LogP contribution in [0.1, 0.15) is 16.1 Å². The van der Waals surface area contributed by atoms with Gasteiger partial charge in [0.15, 0.2) is 0 Å². The number of nitrogens with one attached hydrogen (secondary N) is 1. The van der Waals surface area contributed by atoms with Gasteiger partial charge in [-0.15, -0.1) is 0 Å². The highest BCUT2D eigenvalue weighted by molar-refractivity contribution is 9.10. The Bertz CT molecular complexity index is 899. The molecule has 0 aliphatic carbocycles. The largest absolute Gasteiger partial charge is 0.321 e. The lowest BCUT2D eigenvalue weighted by atomic mass is 10.2. The number of anilines is 3. The highest BCUT2D eigenvalue weighted by Crippen LogP contribution is 2.21. The molecule has 0 atom stereocenters.